The van der Waals surface area contributed by atoms with Gasteiger partial charge in [-0.2, -0.15) is 0 Å². The Morgan fingerprint density at radius 3 is 2.71 bits per heavy atom. The normalized spacial score (nSPS) is 23.0. The third-order valence-corrected chi connectivity index (χ3v) is 5.39. The van der Waals surface area contributed by atoms with Crippen molar-refractivity contribution in [3.05, 3.63) is 22.4 Å². The first-order valence-corrected chi connectivity index (χ1v) is 8.96. The van der Waals surface area contributed by atoms with Gasteiger partial charge in [0.2, 0.25) is 5.91 Å². The van der Waals surface area contributed by atoms with Gasteiger partial charge in [0.05, 0.1) is 6.04 Å². The second kappa shape index (κ2) is 6.93. The van der Waals surface area contributed by atoms with E-state index in [2.05, 4.69) is 55.4 Å². The molecule has 3 nitrogen and oxygen atoms in total. The highest BCUT2D eigenvalue weighted by molar-refractivity contribution is 7.10. The molecular weight excluding hydrogens is 280 g/mol. The Hall–Kier alpha value is -0.870. The van der Waals surface area contributed by atoms with E-state index in [-0.39, 0.29) is 23.5 Å². The van der Waals surface area contributed by atoms with Gasteiger partial charge >= 0.3 is 0 Å². The topological polar surface area (TPSA) is 32.3 Å². The number of unbranched alkanes of at least 4 members (excludes halogenated alkanes) is 1. The van der Waals surface area contributed by atoms with E-state index in [1.807, 2.05) is 0 Å². The van der Waals surface area contributed by atoms with Gasteiger partial charge in [-0.1, -0.05) is 46.6 Å². The first-order chi connectivity index (χ1) is 9.98. The van der Waals surface area contributed by atoms with E-state index in [1.54, 1.807) is 11.3 Å². The Morgan fingerprint density at radius 1 is 1.38 bits per heavy atom. The number of nitrogens with one attached hydrogen (secondary N) is 1. The first-order valence-electron chi connectivity index (χ1n) is 8.08. The van der Waals surface area contributed by atoms with E-state index < -0.39 is 0 Å². The average molecular weight is 308 g/mol. The Bertz CT molecular complexity index is 455. The maximum Gasteiger partial charge on any atom is 0.241 e. The first kappa shape index (κ1) is 16.5. The van der Waals surface area contributed by atoms with E-state index in [9.17, 15) is 4.79 Å². The summed E-state index contributed by atoms with van der Waals surface area (Å²) in [4.78, 5) is 16.1. The zero-order valence-electron chi connectivity index (χ0n) is 13.7. The maximum absolute atomic E-state index is 12.8. The van der Waals surface area contributed by atoms with E-state index in [0.717, 1.165) is 32.2 Å². The molecule has 4 heteroatoms. The smallest absolute Gasteiger partial charge is 0.241 e. The van der Waals surface area contributed by atoms with Crippen LogP contribution in [0.25, 0.3) is 0 Å². The fraction of sp³-hybridized carbons (Fsp3) is 0.706. The molecule has 1 aliphatic heterocycles. The molecule has 0 aliphatic carbocycles. The van der Waals surface area contributed by atoms with Crippen LogP contribution < -0.4 is 5.32 Å². The SMILES string of the molecule is CCCCC1NC(c2cccs2)N(CC(C)(C)CC)C1=O. The van der Waals surface area contributed by atoms with E-state index in [1.165, 1.54) is 4.88 Å². The van der Waals surface area contributed by atoms with Crippen LogP contribution in [0.2, 0.25) is 0 Å². The highest BCUT2D eigenvalue weighted by atomic mass is 32.1. The van der Waals surface area contributed by atoms with Crippen LogP contribution in [0.1, 0.15) is 64.4 Å². The lowest BCUT2D eigenvalue weighted by atomic mass is 9.89. The van der Waals surface area contributed by atoms with Crippen molar-refractivity contribution >= 4 is 17.2 Å². The van der Waals surface area contributed by atoms with Gasteiger partial charge in [-0.15, -0.1) is 11.3 Å². The minimum absolute atomic E-state index is 0.00953. The summed E-state index contributed by atoms with van der Waals surface area (Å²) in [5.41, 5.74) is 0.159. The molecular formula is C17H28N2OS. The van der Waals surface area contributed by atoms with Gasteiger partial charge in [-0.25, -0.2) is 0 Å². The molecule has 1 aromatic heterocycles. The molecule has 1 fully saturated rings. The second-order valence-electron chi connectivity index (χ2n) is 6.76. The summed E-state index contributed by atoms with van der Waals surface area (Å²) in [7, 11) is 0. The lowest BCUT2D eigenvalue weighted by Gasteiger charge is -2.32. The second-order valence-corrected chi connectivity index (χ2v) is 7.74. The van der Waals surface area contributed by atoms with Crippen molar-refractivity contribution in [3.8, 4) is 0 Å². The summed E-state index contributed by atoms with van der Waals surface area (Å²) < 4.78 is 0. The van der Waals surface area contributed by atoms with Crippen LogP contribution in [0.15, 0.2) is 17.5 Å². The van der Waals surface area contributed by atoms with E-state index in [0.29, 0.717) is 0 Å². The Morgan fingerprint density at radius 2 is 2.14 bits per heavy atom. The lowest BCUT2D eigenvalue weighted by molar-refractivity contribution is -0.131. The van der Waals surface area contributed by atoms with Crippen molar-refractivity contribution < 1.29 is 4.79 Å². The average Bonchev–Trinajstić information content (AvgIpc) is 3.07. The van der Waals surface area contributed by atoms with E-state index in [4.69, 9.17) is 0 Å². The van der Waals surface area contributed by atoms with Gasteiger partial charge in [0.15, 0.2) is 0 Å². The van der Waals surface area contributed by atoms with Crippen LogP contribution in [-0.4, -0.2) is 23.4 Å². The van der Waals surface area contributed by atoms with Crippen molar-refractivity contribution in [3.63, 3.8) is 0 Å². The van der Waals surface area contributed by atoms with E-state index >= 15 is 0 Å². The minimum Gasteiger partial charge on any atom is -0.320 e. The van der Waals surface area contributed by atoms with Crippen molar-refractivity contribution in [2.45, 2.75) is 65.6 Å². The van der Waals surface area contributed by atoms with Crippen molar-refractivity contribution in [2.75, 3.05) is 6.54 Å². The molecule has 2 rings (SSSR count). The van der Waals surface area contributed by atoms with Gasteiger partial charge in [0.1, 0.15) is 6.17 Å². The maximum atomic E-state index is 12.8. The number of rotatable bonds is 7. The fourth-order valence-electron chi connectivity index (χ4n) is 2.72. The summed E-state index contributed by atoms with van der Waals surface area (Å²) in [5.74, 6) is 0.281. The van der Waals surface area contributed by atoms with Crippen LogP contribution in [0.4, 0.5) is 0 Å². The molecule has 1 N–H and O–H groups in total. The minimum atomic E-state index is -0.00953. The molecule has 1 amide bonds. The molecule has 1 aromatic rings. The Balaban J connectivity index is 2.17. The van der Waals surface area contributed by atoms with Crippen LogP contribution >= 0.6 is 11.3 Å². The number of hydrogen-bond donors (Lipinski definition) is 1. The zero-order valence-corrected chi connectivity index (χ0v) is 14.5. The number of carbonyl (C=O) groups is 1. The fourth-order valence-corrected chi connectivity index (χ4v) is 3.51. The molecule has 1 aliphatic rings. The molecule has 21 heavy (non-hydrogen) atoms. The van der Waals surface area contributed by atoms with Gasteiger partial charge in [0.25, 0.3) is 0 Å². The quantitative estimate of drug-likeness (QED) is 0.820. The monoisotopic (exact) mass is 308 g/mol. The zero-order chi connectivity index (χ0) is 15.5. The number of nitrogens with zero attached hydrogens (tertiary/aromatic N) is 1. The molecule has 0 saturated carbocycles. The largest absolute Gasteiger partial charge is 0.320 e. The summed E-state index contributed by atoms with van der Waals surface area (Å²) >= 11 is 1.73. The standard InChI is InChI=1S/C17H28N2OS/c1-5-7-9-13-16(20)19(12-17(3,4)6-2)15(18-13)14-10-8-11-21-14/h8,10-11,13,15,18H,5-7,9,12H2,1-4H3. The summed E-state index contributed by atoms with van der Waals surface area (Å²) in [5, 5.41) is 5.65. The lowest BCUT2D eigenvalue weighted by Crippen LogP contribution is -2.38. The molecule has 0 aromatic carbocycles. The number of hydrogen-bond acceptors (Lipinski definition) is 3. The number of thiophene rings is 1. The Kier molecular flexibility index (Phi) is 5.44. The van der Waals surface area contributed by atoms with Gasteiger partial charge in [-0.05, 0) is 29.7 Å². The van der Waals surface area contributed by atoms with Crippen molar-refractivity contribution in [1.29, 1.82) is 0 Å². The third-order valence-electron chi connectivity index (χ3n) is 4.47. The van der Waals surface area contributed by atoms with Crippen LogP contribution in [-0.2, 0) is 4.79 Å². The van der Waals surface area contributed by atoms with Crippen LogP contribution in [0.3, 0.4) is 0 Å². The molecule has 1 saturated heterocycles. The van der Waals surface area contributed by atoms with Crippen molar-refractivity contribution in [1.82, 2.24) is 10.2 Å². The van der Waals surface area contributed by atoms with Gasteiger partial charge in [0, 0.05) is 11.4 Å². The van der Waals surface area contributed by atoms with Crippen LogP contribution in [0, 0.1) is 5.41 Å². The summed E-state index contributed by atoms with van der Waals surface area (Å²) in [6.45, 7) is 9.67. The Labute approximate surface area is 132 Å². The predicted octanol–water partition coefficient (Wildman–Crippen LogP) is 4.17. The molecule has 2 atom stereocenters. The van der Waals surface area contributed by atoms with Gasteiger partial charge in [-0.3, -0.25) is 10.1 Å². The molecule has 2 unspecified atom stereocenters. The molecule has 0 bridgehead atoms. The molecule has 2 heterocycles. The molecule has 0 radical (unpaired) electrons. The predicted molar refractivity (Wildman–Crippen MR) is 89.3 cm³/mol. The number of carbonyl (C=O) groups excluding carboxylic acids is 1. The van der Waals surface area contributed by atoms with Gasteiger partial charge < -0.3 is 4.90 Å². The van der Waals surface area contributed by atoms with Crippen LogP contribution in [0.5, 0.6) is 0 Å². The highest BCUT2D eigenvalue weighted by Gasteiger charge is 2.41. The molecule has 118 valence electrons. The summed E-state index contributed by atoms with van der Waals surface area (Å²) in [6.07, 6.45) is 4.32. The molecule has 0 spiro atoms. The third kappa shape index (κ3) is 3.86. The van der Waals surface area contributed by atoms with Crippen molar-refractivity contribution in [2.24, 2.45) is 5.41 Å². The number of amides is 1. The summed E-state index contributed by atoms with van der Waals surface area (Å²) in [6, 6.07) is 4.18. The highest BCUT2D eigenvalue weighted by Crippen LogP contribution is 2.33.